The Kier molecular flexibility index (Phi) is 7.27. The molecule has 97 valence electrons. The molecule has 9 nitrogen and oxygen atoms in total. The van der Waals surface area contributed by atoms with Crippen LogP contribution in [0.5, 0.6) is 0 Å². The van der Waals surface area contributed by atoms with Crippen molar-refractivity contribution in [3.8, 4) is 0 Å². The van der Waals surface area contributed by atoms with E-state index in [9.17, 15) is 14.8 Å². The van der Waals surface area contributed by atoms with Gasteiger partial charge in [0.1, 0.15) is 24.4 Å². The molecule has 6 N–H and O–H groups in total. The fourth-order valence-corrected chi connectivity index (χ4v) is 1.58. The first kappa shape index (κ1) is 17.9. The maximum atomic E-state index is 10.4. The van der Waals surface area contributed by atoms with E-state index in [0.29, 0.717) is 0 Å². The molecule has 1 radical (unpaired) electrons. The first-order chi connectivity index (χ1) is 7.22. The molecular formula is C6H13NaO9P. The third-order valence-corrected chi connectivity index (χ3v) is 2.58. The summed E-state index contributed by atoms with van der Waals surface area (Å²) >= 11 is 0. The predicted octanol–water partition coefficient (Wildman–Crippen LogP) is -3.49. The maximum Gasteiger partial charge on any atom is 0.469 e. The quantitative estimate of drug-likeness (QED) is 0.228. The van der Waals surface area contributed by atoms with E-state index in [1.165, 1.54) is 0 Å². The van der Waals surface area contributed by atoms with Crippen LogP contribution in [-0.4, -0.2) is 97.1 Å². The van der Waals surface area contributed by atoms with Gasteiger partial charge in [-0.2, -0.15) is 0 Å². The number of ether oxygens (including phenoxy) is 1. The molecule has 11 heteroatoms. The van der Waals surface area contributed by atoms with Gasteiger partial charge in [0, 0.05) is 29.6 Å². The molecule has 1 rings (SSSR count). The van der Waals surface area contributed by atoms with Crippen molar-refractivity contribution >= 4 is 37.4 Å². The molecule has 1 aliphatic heterocycles. The minimum Gasteiger partial charge on any atom is -0.387 e. The number of rotatable bonds is 3. The Balaban J connectivity index is 0.00000256. The first-order valence-electron chi connectivity index (χ1n) is 4.30. The number of phosphoric ester groups is 1. The van der Waals surface area contributed by atoms with Crippen LogP contribution in [0, 0.1) is 0 Å². The fraction of sp³-hybridized carbons (Fsp3) is 1.00. The topological polar surface area (TPSA) is 157 Å². The van der Waals surface area contributed by atoms with E-state index in [4.69, 9.17) is 20.0 Å². The van der Waals surface area contributed by atoms with Crippen LogP contribution in [0.2, 0.25) is 0 Å². The number of hydrogen-bond donors (Lipinski definition) is 6. The zero-order valence-electron chi connectivity index (χ0n) is 8.95. The van der Waals surface area contributed by atoms with Gasteiger partial charge in [-0.15, -0.1) is 0 Å². The largest absolute Gasteiger partial charge is 0.469 e. The Hall–Kier alpha value is 0.910. The normalized spacial score (nSPS) is 38.6. The molecule has 1 fully saturated rings. The van der Waals surface area contributed by atoms with Gasteiger partial charge in [0.15, 0.2) is 6.29 Å². The van der Waals surface area contributed by atoms with E-state index in [2.05, 4.69) is 9.26 Å². The predicted molar refractivity (Wildman–Crippen MR) is 52.7 cm³/mol. The van der Waals surface area contributed by atoms with E-state index in [0.717, 1.165) is 0 Å². The van der Waals surface area contributed by atoms with E-state index < -0.39 is 45.1 Å². The third-order valence-electron chi connectivity index (χ3n) is 2.09. The Morgan fingerprint density at radius 3 is 2.06 bits per heavy atom. The van der Waals surface area contributed by atoms with Crippen molar-refractivity contribution in [2.45, 2.75) is 30.7 Å². The van der Waals surface area contributed by atoms with Gasteiger partial charge in [-0.3, -0.25) is 4.52 Å². The molecule has 0 bridgehead atoms. The van der Waals surface area contributed by atoms with Crippen molar-refractivity contribution in [1.82, 2.24) is 0 Å². The summed E-state index contributed by atoms with van der Waals surface area (Å²) in [6, 6.07) is 0. The van der Waals surface area contributed by atoms with Crippen molar-refractivity contribution in [3.05, 3.63) is 0 Å². The van der Waals surface area contributed by atoms with Gasteiger partial charge in [-0.25, -0.2) is 4.57 Å². The number of phosphoric acid groups is 1. The maximum absolute atomic E-state index is 10.4. The molecule has 1 saturated heterocycles. The van der Waals surface area contributed by atoms with Crippen molar-refractivity contribution in [2.75, 3.05) is 6.61 Å². The van der Waals surface area contributed by atoms with Crippen LogP contribution in [0.1, 0.15) is 0 Å². The van der Waals surface area contributed by atoms with Gasteiger partial charge >= 0.3 is 7.82 Å². The Labute approximate surface area is 119 Å². The molecule has 0 saturated carbocycles. The van der Waals surface area contributed by atoms with Crippen LogP contribution < -0.4 is 0 Å². The molecule has 0 aromatic heterocycles. The van der Waals surface area contributed by atoms with Crippen LogP contribution in [0.4, 0.5) is 0 Å². The Bertz CT molecular complexity index is 283. The van der Waals surface area contributed by atoms with Gasteiger partial charge in [0.25, 0.3) is 0 Å². The number of aliphatic hydroxyl groups is 4. The monoisotopic (exact) mass is 283 g/mol. The van der Waals surface area contributed by atoms with Crippen molar-refractivity contribution < 1.29 is 44.0 Å². The molecule has 0 aromatic carbocycles. The Morgan fingerprint density at radius 1 is 1.06 bits per heavy atom. The van der Waals surface area contributed by atoms with Crippen molar-refractivity contribution in [3.63, 3.8) is 0 Å². The summed E-state index contributed by atoms with van der Waals surface area (Å²) in [5.74, 6) is 0. The van der Waals surface area contributed by atoms with Crippen LogP contribution >= 0.6 is 7.82 Å². The summed E-state index contributed by atoms with van der Waals surface area (Å²) in [4.78, 5) is 16.8. The SMILES string of the molecule is O=P(O)(O)OCC1OC(O)C(O)C(O)C1O.[Na]. The summed E-state index contributed by atoms with van der Waals surface area (Å²) in [6.45, 7) is -0.730. The van der Waals surface area contributed by atoms with Gasteiger partial charge in [-0.05, 0) is 0 Å². The molecule has 0 spiro atoms. The average molecular weight is 283 g/mol. The summed E-state index contributed by atoms with van der Waals surface area (Å²) in [6.07, 6.45) is -8.11. The van der Waals surface area contributed by atoms with Crippen LogP contribution in [0.15, 0.2) is 0 Å². The second-order valence-electron chi connectivity index (χ2n) is 3.32. The van der Waals surface area contributed by atoms with Crippen molar-refractivity contribution in [1.29, 1.82) is 0 Å². The minimum atomic E-state index is -4.73. The van der Waals surface area contributed by atoms with Gasteiger partial charge in [0.05, 0.1) is 6.61 Å². The first-order valence-corrected chi connectivity index (χ1v) is 5.83. The van der Waals surface area contributed by atoms with E-state index in [-0.39, 0.29) is 29.6 Å². The molecule has 5 atom stereocenters. The summed E-state index contributed by atoms with van der Waals surface area (Å²) < 4.78 is 19.0. The molecule has 0 aromatic rings. The van der Waals surface area contributed by atoms with Gasteiger partial charge < -0.3 is 34.9 Å². The van der Waals surface area contributed by atoms with Crippen LogP contribution in [0.3, 0.4) is 0 Å². The summed E-state index contributed by atoms with van der Waals surface area (Å²) in [7, 11) is -4.73. The molecule has 1 heterocycles. The second-order valence-corrected chi connectivity index (χ2v) is 4.56. The van der Waals surface area contributed by atoms with Gasteiger partial charge in [0.2, 0.25) is 0 Å². The molecule has 5 unspecified atom stereocenters. The summed E-state index contributed by atoms with van der Waals surface area (Å²) in [5, 5.41) is 36.7. The molecule has 0 aliphatic carbocycles. The number of aliphatic hydroxyl groups excluding tert-OH is 4. The van der Waals surface area contributed by atoms with Crippen LogP contribution in [0.25, 0.3) is 0 Å². The molecular weight excluding hydrogens is 270 g/mol. The fourth-order valence-electron chi connectivity index (χ4n) is 1.24. The Morgan fingerprint density at radius 2 is 1.59 bits per heavy atom. The molecule has 0 amide bonds. The van der Waals surface area contributed by atoms with Crippen molar-refractivity contribution in [2.24, 2.45) is 0 Å². The second kappa shape index (κ2) is 6.90. The summed E-state index contributed by atoms with van der Waals surface area (Å²) in [5.41, 5.74) is 0. The van der Waals surface area contributed by atoms with Crippen LogP contribution in [-0.2, 0) is 13.8 Å². The zero-order chi connectivity index (χ0) is 12.5. The third kappa shape index (κ3) is 5.19. The van der Waals surface area contributed by atoms with E-state index >= 15 is 0 Å². The van der Waals surface area contributed by atoms with E-state index in [1.54, 1.807) is 0 Å². The molecule has 17 heavy (non-hydrogen) atoms. The minimum absolute atomic E-state index is 0. The standard InChI is InChI=1S/C6H13O9P.Na/c7-3-2(1-14-16(11,12)13)15-6(10)5(9)4(3)8;/h2-10H,1H2,(H2,11,12,13);. The molecule has 1 aliphatic rings. The van der Waals surface area contributed by atoms with E-state index in [1.807, 2.05) is 0 Å². The smallest absolute Gasteiger partial charge is 0.387 e. The zero-order valence-corrected chi connectivity index (χ0v) is 11.8. The number of hydrogen-bond acceptors (Lipinski definition) is 7. The average Bonchev–Trinajstić information content (AvgIpc) is 2.17. The van der Waals surface area contributed by atoms with Gasteiger partial charge in [-0.1, -0.05) is 0 Å².